The number of rotatable bonds is 17. The molecule has 322 valence electrons. The fourth-order valence-electron chi connectivity index (χ4n) is 7.27. The number of anilines is 1. The SMILES string of the molecule is C=C[C@@H]1C[C@]1(NC(=O)[C@@H]1C[C@@H](OC(=O)N2Cc3cccc(F)c3C2)CN1C(=O)OC(C)(C)C)C(=O)NS(=O)(=O)c1ccccc1NCCCCN(C)CCCC(=O)OC. The van der Waals surface area contributed by atoms with Gasteiger partial charge in [-0.1, -0.05) is 30.3 Å². The van der Waals surface area contributed by atoms with Crippen molar-refractivity contribution < 1.29 is 51.0 Å². The molecule has 2 heterocycles. The number of hydrogen-bond donors (Lipinski definition) is 3. The molecule has 59 heavy (non-hydrogen) atoms. The van der Waals surface area contributed by atoms with Crippen molar-refractivity contribution in [3.05, 3.63) is 72.1 Å². The molecule has 18 heteroatoms. The number of methoxy groups -OCH3 is 1. The molecule has 2 aromatic carbocycles. The molecular formula is C41H55FN6O10S. The third-order valence-electron chi connectivity index (χ3n) is 10.5. The molecule has 4 amide bonds. The Kier molecular flexibility index (Phi) is 14.3. The molecule has 1 aliphatic carbocycles. The van der Waals surface area contributed by atoms with Gasteiger partial charge >= 0.3 is 18.2 Å². The summed E-state index contributed by atoms with van der Waals surface area (Å²) in [5.41, 5.74) is -1.31. The Labute approximate surface area is 344 Å². The number of halogens is 1. The standard InChI is InChI=1S/C41H55FN6O10S/c1-7-28-23-41(28,37(51)45-59(54,55)34-17-9-8-16-32(34)43-19-10-11-20-46(5)21-13-18-35(49)56-6)44-36(50)33-22-29(25-48(33)39(53)58-40(2,3)4)57-38(52)47-24-27-14-12-15-31(42)30(27)26-47/h7-9,12,14-17,28-29,33,43H,1,10-11,13,18-26H2,2-6H3,(H,44,50)(H,45,51)/t28-,29-,33+,41-/m1/s1. The number of amides is 4. The third-order valence-corrected chi connectivity index (χ3v) is 11.9. The van der Waals surface area contributed by atoms with Crippen LogP contribution in [0.1, 0.15) is 70.4 Å². The zero-order valence-electron chi connectivity index (χ0n) is 34.3. The van der Waals surface area contributed by atoms with Gasteiger partial charge in [0.2, 0.25) is 5.91 Å². The minimum absolute atomic E-state index is 0.00303. The minimum atomic E-state index is -4.46. The van der Waals surface area contributed by atoms with Crippen molar-refractivity contribution in [2.24, 2.45) is 5.92 Å². The summed E-state index contributed by atoms with van der Waals surface area (Å²) in [5.74, 6) is -3.07. The van der Waals surface area contributed by atoms with Gasteiger partial charge in [0.25, 0.3) is 15.9 Å². The molecule has 3 aliphatic rings. The zero-order valence-corrected chi connectivity index (χ0v) is 35.1. The van der Waals surface area contributed by atoms with Crippen molar-refractivity contribution >= 4 is 45.7 Å². The van der Waals surface area contributed by atoms with Crippen molar-refractivity contribution in [1.82, 2.24) is 24.7 Å². The molecule has 0 aromatic heterocycles. The fourth-order valence-corrected chi connectivity index (χ4v) is 8.49. The quantitative estimate of drug-likeness (QED) is 0.0887. The maximum Gasteiger partial charge on any atom is 0.411 e. The third kappa shape index (κ3) is 11.3. The number of fused-ring (bicyclic) bond motifs is 1. The summed E-state index contributed by atoms with van der Waals surface area (Å²) in [6, 6.07) is 9.49. The Hall–Kier alpha value is -5.23. The molecule has 5 rings (SSSR count). The molecule has 2 aliphatic heterocycles. The highest BCUT2D eigenvalue weighted by molar-refractivity contribution is 7.90. The number of unbranched alkanes of at least 4 members (excludes halogenated alkanes) is 1. The van der Waals surface area contributed by atoms with Gasteiger partial charge in [0.05, 0.1) is 25.9 Å². The van der Waals surface area contributed by atoms with Crippen molar-refractivity contribution in [2.75, 3.05) is 45.7 Å². The van der Waals surface area contributed by atoms with Crippen LogP contribution in [0.4, 0.5) is 19.7 Å². The van der Waals surface area contributed by atoms with Crippen LogP contribution in [0.5, 0.6) is 0 Å². The molecule has 0 unspecified atom stereocenters. The Morgan fingerprint density at radius 3 is 2.42 bits per heavy atom. The van der Waals surface area contributed by atoms with E-state index in [1.807, 2.05) is 7.05 Å². The Morgan fingerprint density at radius 1 is 1.02 bits per heavy atom. The second-order valence-corrected chi connectivity index (χ2v) is 17.8. The van der Waals surface area contributed by atoms with E-state index in [-0.39, 0.29) is 49.0 Å². The summed E-state index contributed by atoms with van der Waals surface area (Å²) in [6.45, 7) is 10.6. The smallest absolute Gasteiger partial charge is 0.411 e. The average molecular weight is 843 g/mol. The molecule has 4 atom stereocenters. The number of carbonyl (C=O) groups excluding carboxylic acids is 5. The molecule has 0 spiro atoms. The number of carbonyl (C=O) groups is 5. The number of hydrogen-bond acceptors (Lipinski definition) is 12. The molecule has 2 fully saturated rings. The average Bonchev–Trinajstić information content (AvgIpc) is 3.46. The number of nitrogens with one attached hydrogen (secondary N) is 3. The minimum Gasteiger partial charge on any atom is -0.469 e. The van der Waals surface area contributed by atoms with Crippen LogP contribution in [0.15, 0.2) is 60.0 Å². The van der Waals surface area contributed by atoms with Crippen molar-refractivity contribution in [1.29, 1.82) is 0 Å². The second-order valence-electron chi connectivity index (χ2n) is 16.2. The van der Waals surface area contributed by atoms with Gasteiger partial charge in [-0.15, -0.1) is 6.58 Å². The van der Waals surface area contributed by atoms with E-state index in [9.17, 15) is 36.8 Å². The molecule has 1 saturated carbocycles. The van der Waals surface area contributed by atoms with Crippen LogP contribution in [-0.4, -0.2) is 117 Å². The first kappa shape index (κ1) is 44.9. The van der Waals surface area contributed by atoms with E-state index < -0.39 is 69.0 Å². The van der Waals surface area contributed by atoms with Gasteiger partial charge in [0.15, 0.2) is 0 Å². The van der Waals surface area contributed by atoms with Crippen LogP contribution in [0.3, 0.4) is 0 Å². The number of likely N-dealkylation sites (tertiary alicyclic amines) is 1. The summed E-state index contributed by atoms with van der Waals surface area (Å²) < 4.78 is 60.0. The molecule has 2 aromatic rings. The first-order chi connectivity index (χ1) is 27.9. The van der Waals surface area contributed by atoms with Crippen LogP contribution in [-0.2, 0) is 51.7 Å². The highest BCUT2D eigenvalue weighted by atomic mass is 32.2. The summed E-state index contributed by atoms with van der Waals surface area (Å²) >= 11 is 0. The van der Waals surface area contributed by atoms with E-state index >= 15 is 0 Å². The maximum absolute atomic E-state index is 14.4. The molecule has 1 saturated heterocycles. The van der Waals surface area contributed by atoms with E-state index in [1.54, 1.807) is 45.0 Å². The Morgan fingerprint density at radius 2 is 1.75 bits per heavy atom. The monoisotopic (exact) mass is 842 g/mol. The number of nitrogens with zero attached hydrogens (tertiary/aromatic N) is 3. The highest BCUT2D eigenvalue weighted by Crippen LogP contribution is 2.45. The lowest BCUT2D eigenvalue weighted by Gasteiger charge is -2.29. The number of benzene rings is 2. The lowest BCUT2D eigenvalue weighted by molar-refractivity contribution is -0.140. The molecule has 16 nitrogen and oxygen atoms in total. The van der Waals surface area contributed by atoms with Crippen LogP contribution < -0.4 is 15.4 Å². The van der Waals surface area contributed by atoms with E-state index in [1.165, 1.54) is 36.3 Å². The van der Waals surface area contributed by atoms with Crippen molar-refractivity contribution in [3.63, 3.8) is 0 Å². The van der Waals surface area contributed by atoms with E-state index in [0.29, 0.717) is 36.9 Å². The number of esters is 1. The first-order valence-electron chi connectivity index (χ1n) is 19.7. The van der Waals surface area contributed by atoms with Gasteiger partial charge in [0, 0.05) is 37.4 Å². The summed E-state index contributed by atoms with van der Waals surface area (Å²) in [7, 11) is -1.14. The van der Waals surface area contributed by atoms with Gasteiger partial charge in [-0.3, -0.25) is 24.2 Å². The van der Waals surface area contributed by atoms with Crippen LogP contribution in [0.2, 0.25) is 0 Å². The molecule has 0 bridgehead atoms. The van der Waals surface area contributed by atoms with Gasteiger partial charge in [-0.2, -0.15) is 0 Å². The van der Waals surface area contributed by atoms with E-state index in [2.05, 4.69) is 31.6 Å². The van der Waals surface area contributed by atoms with E-state index in [0.717, 1.165) is 24.4 Å². The predicted octanol–water partition coefficient (Wildman–Crippen LogP) is 4.30. The number of ether oxygens (including phenoxy) is 3. The normalized spacial score (nSPS) is 21.0. The van der Waals surface area contributed by atoms with Gasteiger partial charge in [-0.05, 0) is 90.4 Å². The molecule has 3 N–H and O–H groups in total. The highest BCUT2D eigenvalue weighted by Gasteiger charge is 2.61. The lowest BCUT2D eigenvalue weighted by Crippen LogP contribution is -2.56. The largest absolute Gasteiger partial charge is 0.469 e. The second kappa shape index (κ2) is 18.8. The molecular weight excluding hydrogens is 788 g/mol. The van der Waals surface area contributed by atoms with E-state index in [4.69, 9.17) is 9.47 Å². The van der Waals surface area contributed by atoms with Crippen LogP contribution in [0.25, 0.3) is 0 Å². The van der Waals surface area contributed by atoms with Crippen molar-refractivity contribution in [3.8, 4) is 0 Å². The van der Waals surface area contributed by atoms with Crippen LogP contribution in [0, 0.1) is 11.7 Å². The van der Waals surface area contributed by atoms with Gasteiger partial charge < -0.3 is 29.7 Å². The van der Waals surface area contributed by atoms with Crippen molar-refractivity contribution in [2.45, 2.75) is 101 Å². The number of para-hydroxylation sites is 1. The topological polar surface area (TPSA) is 193 Å². The first-order valence-corrected chi connectivity index (χ1v) is 21.2. The Balaban J connectivity index is 1.22. The fraction of sp³-hybridized carbons (Fsp3) is 0.537. The predicted molar refractivity (Wildman–Crippen MR) is 215 cm³/mol. The lowest BCUT2D eigenvalue weighted by atomic mass is 10.1. The summed E-state index contributed by atoms with van der Waals surface area (Å²) in [6.07, 6.45) is 1.33. The summed E-state index contributed by atoms with van der Waals surface area (Å²) in [4.78, 5) is 70.3. The van der Waals surface area contributed by atoms with Gasteiger partial charge in [0.1, 0.15) is 34.0 Å². The van der Waals surface area contributed by atoms with Gasteiger partial charge in [-0.25, -0.2) is 27.1 Å². The zero-order chi connectivity index (χ0) is 43.1. The van der Waals surface area contributed by atoms with Crippen LogP contribution >= 0.6 is 0 Å². The number of sulfonamides is 1. The molecule has 0 radical (unpaired) electrons. The summed E-state index contributed by atoms with van der Waals surface area (Å²) in [5, 5.41) is 5.85. The maximum atomic E-state index is 14.4. The Bertz CT molecular complexity index is 2030.